The molecule has 0 radical (unpaired) electrons. The number of rotatable bonds is 6. The van der Waals surface area contributed by atoms with E-state index in [0.29, 0.717) is 12.2 Å². The van der Waals surface area contributed by atoms with Crippen LogP contribution in [0.4, 0.5) is 0 Å². The van der Waals surface area contributed by atoms with Crippen LogP contribution in [0.3, 0.4) is 0 Å². The molecule has 3 aromatic rings. The molecule has 2 aromatic heterocycles. The van der Waals surface area contributed by atoms with Gasteiger partial charge in [-0.2, -0.15) is 0 Å². The van der Waals surface area contributed by atoms with Crippen LogP contribution in [0.2, 0.25) is 0 Å². The molecule has 2 heterocycles. The molecule has 25 heavy (non-hydrogen) atoms. The van der Waals surface area contributed by atoms with Gasteiger partial charge in [-0.25, -0.2) is 4.98 Å². The van der Waals surface area contributed by atoms with Gasteiger partial charge in [0, 0.05) is 11.9 Å². The van der Waals surface area contributed by atoms with E-state index in [4.69, 9.17) is 0 Å². The Bertz CT molecular complexity index is 823. The lowest BCUT2D eigenvalue weighted by Gasteiger charge is -2.25. The summed E-state index contributed by atoms with van der Waals surface area (Å²) in [7, 11) is 4.04. The average Bonchev–Trinajstić information content (AvgIpc) is 3.27. The van der Waals surface area contributed by atoms with Crippen LogP contribution in [0.15, 0.2) is 47.2 Å². The second-order valence-electron chi connectivity index (χ2n) is 6.12. The summed E-state index contributed by atoms with van der Waals surface area (Å²) in [6.45, 7) is 2.62. The van der Waals surface area contributed by atoms with Crippen molar-refractivity contribution in [2.45, 2.75) is 13.0 Å². The molecule has 0 aliphatic heterocycles. The highest BCUT2D eigenvalue weighted by molar-refractivity contribution is 7.20. The van der Waals surface area contributed by atoms with Gasteiger partial charge in [0.15, 0.2) is 0 Å². The molecule has 0 spiro atoms. The Morgan fingerprint density at radius 1 is 1.20 bits per heavy atom. The van der Waals surface area contributed by atoms with Gasteiger partial charge in [0.2, 0.25) is 0 Å². The summed E-state index contributed by atoms with van der Waals surface area (Å²) in [6, 6.07) is 12.6. The van der Waals surface area contributed by atoms with E-state index in [1.807, 2.05) is 37.0 Å². The van der Waals surface area contributed by atoms with Gasteiger partial charge >= 0.3 is 0 Å². The summed E-state index contributed by atoms with van der Waals surface area (Å²) in [5, 5.41) is 7.74. The summed E-state index contributed by atoms with van der Waals surface area (Å²) in [6.07, 6.45) is 0. The Labute approximate surface area is 156 Å². The Hall–Kier alpha value is -2.02. The number of carbonyl (C=O) groups is 1. The number of nitrogens with zero attached hydrogens (tertiary/aromatic N) is 2. The summed E-state index contributed by atoms with van der Waals surface area (Å²) in [5.74, 6) is -0.127. The number of amides is 1. The molecule has 1 atom stereocenters. The molecule has 1 amide bonds. The smallest absolute Gasteiger partial charge is 0.270 e. The summed E-state index contributed by atoms with van der Waals surface area (Å²) >= 11 is 3.13. The molecule has 0 saturated carbocycles. The topological polar surface area (TPSA) is 45.2 Å². The number of hydrogen-bond donors (Lipinski definition) is 1. The van der Waals surface area contributed by atoms with E-state index in [2.05, 4.69) is 46.4 Å². The summed E-state index contributed by atoms with van der Waals surface area (Å²) < 4.78 is 0. The fourth-order valence-corrected chi connectivity index (χ4v) is 4.17. The van der Waals surface area contributed by atoms with Crippen LogP contribution in [-0.4, -0.2) is 36.4 Å². The van der Waals surface area contributed by atoms with E-state index in [1.54, 1.807) is 11.3 Å². The molecule has 0 aliphatic rings. The molecular weight excluding hydrogens is 350 g/mol. The predicted molar refractivity (Wildman–Crippen MR) is 105 cm³/mol. The maximum absolute atomic E-state index is 12.5. The SMILES string of the molecule is Cc1ccc(C(CNC(=O)c2csc(-c3cccs3)n2)N(C)C)cc1. The highest BCUT2D eigenvalue weighted by atomic mass is 32.1. The van der Waals surface area contributed by atoms with Crippen LogP contribution >= 0.6 is 22.7 Å². The molecule has 0 fully saturated rings. The molecule has 4 nitrogen and oxygen atoms in total. The van der Waals surface area contributed by atoms with Crippen molar-refractivity contribution in [3.8, 4) is 9.88 Å². The first-order valence-corrected chi connectivity index (χ1v) is 9.81. The molecule has 0 aliphatic carbocycles. The first kappa shape index (κ1) is 17.8. The number of likely N-dealkylation sites (N-methyl/N-ethyl adjacent to an activating group) is 1. The second-order valence-corrected chi connectivity index (χ2v) is 7.92. The standard InChI is InChI=1S/C19H21N3OS2/c1-13-6-8-14(9-7-13)16(22(2)3)11-20-18(23)15-12-25-19(21-15)17-5-4-10-24-17/h4-10,12,16H,11H2,1-3H3,(H,20,23). The van der Waals surface area contributed by atoms with E-state index in [-0.39, 0.29) is 11.9 Å². The average molecular weight is 372 g/mol. The highest BCUT2D eigenvalue weighted by Crippen LogP contribution is 2.27. The van der Waals surface area contributed by atoms with Crippen LogP contribution in [0.1, 0.15) is 27.7 Å². The van der Waals surface area contributed by atoms with Gasteiger partial charge in [-0.05, 0) is 38.0 Å². The third-order valence-electron chi connectivity index (χ3n) is 4.01. The van der Waals surface area contributed by atoms with Crippen molar-refractivity contribution in [1.29, 1.82) is 0 Å². The minimum absolute atomic E-state index is 0.125. The van der Waals surface area contributed by atoms with Crippen molar-refractivity contribution in [2.24, 2.45) is 0 Å². The van der Waals surface area contributed by atoms with Gasteiger partial charge in [0.05, 0.1) is 10.9 Å². The van der Waals surface area contributed by atoms with Gasteiger partial charge in [-0.15, -0.1) is 22.7 Å². The maximum Gasteiger partial charge on any atom is 0.270 e. The number of thiazole rings is 1. The third kappa shape index (κ3) is 4.34. The van der Waals surface area contributed by atoms with Gasteiger partial charge < -0.3 is 10.2 Å². The van der Waals surface area contributed by atoms with E-state index in [0.717, 1.165) is 9.88 Å². The third-order valence-corrected chi connectivity index (χ3v) is 5.89. The Morgan fingerprint density at radius 2 is 1.96 bits per heavy atom. The zero-order valence-electron chi connectivity index (χ0n) is 14.5. The summed E-state index contributed by atoms with van der Waals surface area (Å²) in [4.78, 5) is 20.1. The van der Waals surface area contributed by atoms with Gasteiger partial charge in [0.1, 0.15) is 10.7 Å². The fraction of sp³-hybridized carbons (Fsp3) is 0.263. The van der Waals surface area contributed by atoms with Crippen LogP contribution in [0.25, 0.3) is 9.88 Å². The number of aromatic nitrogens is 1. The first-order valence-electron chi connectivity index (χ1n) is 8.05. The lowest BCUT2D eigenvalue weighted by Crippen LogP contribution is -2.34. The highest BCUT2D eigenvalue weighted by Gasteiger charge is 2.17. The number of nitrogens with one attached hydrogen (secondary N) is 1. The zero-order chi connectivity index (χ0) is 17.8. The fourth-order valence-electron chi connectivity index (χ4n) is 2.56. The molecule has 0 bridgehead atoms. The van der Waals surface area contributed by atoms with Crippen molar-refractivity contribution >= 4 is 28.6 Å². The molecule has 130 valence electrons. The molecule has 6 heteroatoms. The quantitative estimate of drug-likeness (QED) is 0.706. The normalized spacial score (nSPS) is 12.3. The number of hydrogen-bond acceptors (Lipinski definition) is 5. The summed E-state index contributed by atoms with van der Waals surface area (Å²) in [5.41, 5.74) is 2.90. The molecule has 1 N–H and O–H groups in total. The molecule has 3 rings (SSSR count). The van der Waals surface area contributed by atoms with Crippen LogP contribution in [0, 0.1) is 6.92 Å². The first-order chi connectivity index (χ1) is 12.0. The van der Waals surface area contributed by atoms with Crippen LogP contribution < -0.4 is 5.32 Å². The molecular formula is C19H21N3OS2. The second kappa shape index (κ2) is 7.91. The largest absolute Gasteiger partial charge is 0.349 e. The van der Waals surface area contributed by atoms with E-state index < -0.39 is 0 Å². The lowest BCUT2D eigenvalue weighted by molar-refractivity contribution is 0.0937. The Kier molecular flexibility index (Phi) is 5.63. The minimum atomic E-state index is -0.127. The number of aryl methyl sites for hydroxylation is 1. The van der Waals surface area contributed by atoms with Crippen LogP contribution in [0.5, 0.6) is 0 Å². The Balaban J connectivity index is 1.66. The molecule has 0 saturated heterocycles. The van der Waals surface area contributed by atoms with Gasteiger partial charge in [0.25, 0.3) is 5.91 Å². The minimum Gasteiger partial charge on any atom is -0.349 e. The monoisotopic (exact) mass is 371 g/mol. The predicted octanol–water partition coefficient (Wildman–Crippen LogP) is 4.21. The van der Waals surface area contributed by atoms with Gasteiger partial charge in [-0.1, -0.05) is 35.9 Å². The maximum atomic E-state index is 12.5. The van der Waals surface area contributed by atoms with E-state index in [9.17, 15) is 4.79 Å². The Morgan fingerprint density at radius 3 is 2.60 bits per heavy atom. The lowest BCUT2D eigenvalue weighted by atomic mass is 10.0. The van der Waals surface area contributed by atoms with Crippen molar-refractivity contribution in [1.82, 2.24) is 15.2 Å². The van der Waals surface area contributed by atoms with Crippen molar-refractivity contribution in [3.05, 3.63) is 64.0 Å². The number of carbonyl (C=O) groups excluding carboxylic acids is 1. The van der Waals surface area contributed by atoms with E-state index in [1.165, 1.54) is 22.5 Å². The van der Waals surface area contributed by atoms with Crippen molar-refractivity contribution < 1.29 is 4.79 Å². The van der Waals surface area contributed by atoms with Crippen LogP contribution in [-0.2, 0) is 0 Å². The zero-order valence-corrected chi connectivity index (χ0v) is 16.2. The number of thiophene rings is 1. The molecule has 1 aromatic carbocycles. The number of benzene rings is 1. The molecule has 1 unspecified atom stereocenters. The van der Waals surface area contributed by atoms with Crippen molar-refractivity contribution in [2.75, 3.05) is 20.6 Å². The van der Waals surface area contributed by atoms with Gasteiger partial charge in [-0.3, -0.25) is 4.79 Å². The van der Waals surface area contributed by atoms with Crippen molar-refractivity contribution in [3.63, 3.8) is 0 Å². The van der Waals surface area contributed by atoms with E-state index >= 15 is 0 Å².